The standard InChI is InChI=1S/C13H21N3O3/c1-6-16(8(2)7-11(17)18)13(19)12-9(3)14-15(5)10(12)4/h8H,6-7H2,1-5H3,(H,17,18). The Bertz CT molecular complexity index is 494. The molecule has 1 amide bonds. The number of hydrogen-bond donors (Lipinski definition) is 1. The van der Waals surface area contributed by atoms with Gasteiger partial charge in [-0.15, -0.1) is 0 Å². The van der Waals surface area contributed by atoms with Crippen LogP contribution in [0.1, 0.15) is 42.0 Å². The number of amides is 1. The third-order valence-electron chi connectivity index (χ3n) is 3.33. The number of carboxylic acids is 1. The molecule has 0 aromatic carbocycles. The van der Waals surface area contributed by atoms with Gasteiger partial charge in [-0.1, -0.05) is 0 Å². The Morgan fingerprint density at radius 1 is 1.42 bits per heavy atom. The van der Waals surface area contributed by atoms with Gasteiger partial charge in [0.25, 0.3) is 5.91 Å². The van der Waals surface area contributed by atoms with Crippen molar-refractivity contribution in [1.29, 1.82) is 0 Å². The summed E-state index contributed by atoms with van der Waals surface area (Å²) in [6.45, 7) is 7.69. The van der Waals surface area contributed by atoms with E-state index in [0.717, 1.165) is 5.69 Å². The van der Waals surface area contributed by atoms with Crippen LogP contribution in [0.5, 0.6) is 0 Å². The Morgan fingerprint density at radius 3 is 2.37 bits per heavy atom. The summed E-state index contributed by atoms with van der Waals surface area (Å²) >= 11 is 0. The third kappa shape index (κ3) is 3.13. The summed E-state index contributed by atoms with van der Waals surface area (Å²) in [7, 11) is 1.79. The Balaban J connectivity index is 3.05. The van der Waals surface area contributed by atoms with Gasteiger partial charge in [-0.05, 0) is 27.7 Å². The summed E-state index contributed by atoms with van der Waals surface area (Å²) in [5.74, 6) is -1.06. The highest BCUT2D eigenvalue weighted by Gasteiger charge is 2.26. The van der Waals surface area contributed by atoms with E-state index in [9.17, 15) is 9.59 Å². The van der Waals surface area contributed by atoms with Crippen LogP contribution in [0, 0.1) is 13.8 Å². The van der Waals surface area contributed by atoms with Crippen LogP contribution in [0.3, 0.4) is 0 Å². The van der Waals surface area contributed by atoms with Crippen LogP contribution in [-0.2, 0) is 11.8 Å². The van der Waals surface area contributed by atoms with Gasteiger partial charge in [0.15, 0.2) is 0 Å². The molecule has 1 unspecified atom stereocenters. The van der Waals surface area contributed by atoms with Crippen LogP contribution < -0.4 is 0 Å². The fourth-order valence-electron chi connectivity index (χ4n) is 2.25. The van der Waals surface area contributed by atoms with Crippen molar-refractivity contribution in [3.8, 4) is 0 Å². The summed E-state index contributed by atoms with van der Waals surface area (Å²) in [5.41, 5.74) is 2.04. The van der Waals surface area contributed by atoms with Crippen LogP contribution in [0.25, 0.3) is 0 Å². The number of aryl methyl sites for hydroxylation is 2. The predicted molar refractivity (Wildman–Crippen MR) is 71.1 cm³/mol. The molecule has 0 spiro atoms. The molecule has 1 rings (SSSR count). The highest BCUT2D eigenvalue weighted by molar-refractivity contribution is 5.96. The number of carboxylic acid groups (broad SMARTS) is 1. The quantitative estimate of drug-likeness (QED) is 0.874. The van der Waals surface area contributed by atoms with Gasteiger partial charge in [0, 0.05) is 25.3 Å². The molecule has 1 atom stereocenters. The van der Waals surface area contributed by atoms with Crippen LogP contribution in [0.4, 0.5) is 0 Å². The molecule has 6 nitrogen and oxygen atoms in total. The zero-order valence-corrected chi connectivity index (χ0v) is 12.1. The first-order valence-electron chi connectivity index (χ1n) is 6.32. The largest absolute Gasteiger partial charge is 0.481 e. The van der Waals surface area contributed by atoms with E-state index in [1.54, 1.807) is 30.5 Å². The zero-order chi connectivity index (χ0) is 14.7. The zero-order valence-electron chi connectivity index (χ0n) is 12.1. The molecule has 0 bridgehead atoms. The fourth-order valence-corrected chi connectivity index (χ4v) is 2.25. The lowest BCUT2D eigenvalue weighted by atomic mass is 10.1. The van der Waals surface area contributed by atoms with Crippen LogP contribution in [-0.4, -0.2) is 44.3 Å². The molecule has 1 aromatic heterocycles. The van der Waals surface area contributed by atoms with Gasteiger partial charge in [0.2, 0.25) is 0 Å². The maximum Gasteiger partial charge on any atom is 0.305 e. The Hall–Kier alpha value is -1.85. The van der Waals surface area contributed by atoms with E-state index in [2.05, 4.69) is 5.10 Å². The van der Waals surface area contributed by atoms with Gasteiger partial charge in [-0.25, -0.2) is 0 Å². The first-order valence-corrected chi connectivity index (χ1v) is 6.32. The van der Waals surface area contributed by atoms with Gasteiger partial charge in [0.05, 0.1) is 17.7 Å². The second-order valence-corrected chi connectivity index (χ2v) is 4.71. The van der Waals surface area contributed by atoms with Crippen molar-refractivity contribution >= 4 is 11.9 Å². The maximum absolute atomic E-state index is 12.5. The van der Waals surface area contributed by atoms with Gasteiger partial charge in [-0.2, -0.15) is 5.10 Å². The van der Waals surface area contributed by atoms with E-state index in [1.165, 1.54) is 0 Å². The van der Waals surface area contributed by atoms with Crippen molar-refractivity contribution in [2.24, 2.45) is 7.05 Å². The molecule has 0 radical (unpaired) electrons. The summed E-state index contributed by atoms with van der Waals surface area (Å²) in [4.78, 5) is 24.9. The highest BCUT2D eigenvalue weighted by Crippen LogP contribution is 2.17. The topological polar surface area (TPSA) is 75.4 Å². The van der Waals surface area contributed by atoms with Gasteiger partial charge in [-0.3, -0.25) is 14.3 Å². The summed E-state index contributed by atoms with van der Waals surface area (Å²) < 4.78 is 1.66. The lowest BCUT2D eigenvalue weighted by Crippen LogP contribution is -2.40. The molecule has 1 aromatic rings. The van der Waals surface area contributed by atoms with Crippen LogP contribution in [0.2, 0.25) is 0 Å². The minimum absolute atomic E-state index is 0.0576. The lowest BCUT2D eigenvalue weighted by molar-refractivity contribution is -0.138. The predicted octanol–water partition coefficient (Wildman–Crippen LogP) is 1.36. The lowest BCUT2D eigenvalue weighted by Gasteiger charge is -2.27. The molecule has 6 heteroatoms. The van der Waals surface area contributed by atoms with E-state index >= 15 is 0 Å². The fraction of sp³-hybridized carbons (Fsp3) is 0.615. The van der Waals surface area contributed by atoms with Gasteiger partial charge >= 0.3 is 5.97 Å². The minimum Gasteiger partial charge on any atom is -0.481 e. The SMILES string of the molecule is CCN(C(=O)c1c(C)nn(C)c1C)C(C)CC(=O)O. The van der Waals surface area contributed by atoms with Gasteiger partial charge in [0.1, 0.15) is 0 Å². The normalized spacial score (nSPS) is 12.3. The van der Waals surface area contributed by atoms with Gasteiger partial charge < -0.3 is 10.0 Å². The van der Waals surface area contributed by atoms with E-state index in [-0.39, 0.29) is 18.4 Å². The number of carbonyl (C=O) groups excluding carboxylic acids is 1. The summed E-state index contributed by atoms with van der Waals surface area (Å²) in [6, 6.07) is -0.339. The Kier molecular flexibility index (Phi) is 4.69. The smallest absolute Gasteiger partial charge is 0.305 e. The number of aromatic nitrogens is 2. The third-order valence-corrected chi connectivity index (χ3v) is 3.33. The van der Waals surface area contributed by atoms with E-state index in [1.807, 2.05) is 13.8 Å². The molecule has 0 aliphatic rings. The van der Waals surface area contributed by atoms with E-state index < -0.39 is 5.97 Å². The molecule has 1 N–H and O–H groups in total. The number of hydrogen-bond acceptors (Lipinski definition) is 3. The average molecular weight is 267 g/mol. The average Bonchev–Trinajstić information content (AvgIpc) is 2.52. The summed E-state index contributed by atoms with van der Waals surface area (Å²) in [5, 5.41) is 13.1. The van der Waals surface area contributed by atoms with Crippen molar-refractivity contribution in [3.63, 3.8) is 0 Å². The molecule has 1 heterocycles. The van der Waals surface area contributed by atoms with Crippen molar-refractivity contribution < 1.29 is 14.7 Å². The molecule has 0 saturated heterocycles. The van der Waals surface area contributed by atoms with Crippen molar-refractivity contribution in [2.75, 3.05) is 6.54 Å². The van der Waals surface area contributed by atoms with Crippen LogP contribution in [0.15, 0.2) is 0 Å². The molecule has 0 fully saturated rings. The van der Waals surface area contributed by atoms with E-state index in [4.69, 9.17) is 5.11 Å². The number of nitrogens with zero attached hydrogens (tertiary/aromatic N) is 3. The first-order chi connectivity index (χ1) is 8.79. The molecule has 19 heavy (non-hydrogen) atoms. The molecule has 106 valence electrons. The second kappa shape index (κ2) is 5.86. The monoisotopic (exact) mass is 267 g/mol. The minimum atomic E-state index is -0.904. The number of aliphatic carboxylic acids is 1. The van der Waals surface area contributed by atoms with Crippen molar-refractivity contribution in [1.82, 2.24) is 14.7 Å². The Labute approximate surface area is 113 Å². The number of rotatable bonds is 5. The molecule has 0 aliphatic heterocycles. The second-order valence-electron chi connectivity index (χ2n) is 4.71. The highest BCUT2D eigenvalue weighted by atomic mass is 16.4. The number of carbonyl (C=O) groups is 2. The van der Waals surface area contributed by atoms with Crippen LogP contribution >= 0.6 is 0 Å². The molecular formula is C13H21N3O3. The van der Waals surface area contributed by atoms with Crippen molar-refractivity contribution in [3.05, 3.63) is 17.0 Å². The molecular weight excluding hydrogens is 246 g/mol. The van der Waals surface area contributed by atoms with E-state index in [0.29, 0.717) is 17.8 Å². The summed E-state index contributed by atoms with van der Waals surface area (Å²) in [6.07, 6.45) is -0.0576. The molecule has 0 saturated carbocycles. The van der Waals surface area contributed by atoms with Crippen molar-refractivity contribution in [2.45, 2.75) is 40.2 Å². The maximum atomic E-state index is 12.5. The Morgan fingerprint density at radius 2 is 2.00 bits per heavy atom. The molecule has 0 aliphatic carbocycles. The first kappa shape index (κ1) is 15.2.